The van der Waals surface area contributed by atoms with Crippen LogP contribution < -0.4 is 25.0 Å². The SMILES string of the molecule is COc1ccc(COc2ccc(/C=N\NC(=O)[C@H](CC(C)C)NC(=O)[C@@H](C)Oc3ccc(Cl)cc3Cl)cc2)cc1. The molecule has 2 atom stereocenters. The lowest BCUT2D eigenvalue weighted by Gasteiger charge is -2.22. The standard InChI is InChI=1S/C30H33Cl2N3O5/c1-19(2)15-27(34-29(36)20(3)40-28-14-9-23(31)16-26(28)32)30(37)35-33-17-21-5-12-25(13-6-21)39-18-22-7-10-24(38-4)11-8-22/h5-14,16-17,19-20,27H,15,18H2,1-4H3,(H,34,36)(H,35,37)/b33-17-/t20-,27+/m1/s1. The molecule has 3 rings (SSSR count). The highest BCUT2D eigenvalue weighted by Gasteiger charge is 2.25. The molecule has 0 saturated carbocycles. The van der Waals surface area contributed by atoms with Crippen LogP contribution in [0.5, 0.6) is 17.2 Å². The Morgan fingerprint density at radius 1 is 0.925 bits per heavy atom. The Labute approximate surface area is 244 Å². The minimum atomic E-state index is -0.893. The van der Waals surface area contributed by atoms with Gasteiger partial charge in [-0.05, 0) is 85.0 Å². The van der Waals surface area contributed by atoms with E-state index >= 15 is 0 Å². The molecule has 0 unspecified atom stereocenters. The molecule has 0 aliphatic rings. The summed E-state index contributed by atoms with van der Waals surface area (Å²) < 4.78 is 16.7. The minimum absolute atomic E-state index is 0.146. The average Bonchev–Trinajstić information content (AvgIpc) is 2.93. The van der Waals surface area contributed by atoms with Gasteiger partial charge < -0.3 is 19.5 Å². The third-order valence-electron chi connectivity index (χ3n) is 5.74. The number of methoxy groups -OCH3 is 1. The molecular formula is C30H33Cl2N3O5. The van der Waals surface area contributed by atoms with Gasteiger partial charge in [0.1, 0.15) is 29.9 Å². The monoisotopic (exact) mass is 585 g/mol. The third-order valence-corrected chi connectivity index (χ3v) is 6.27. The van der Waals surface area contributed by atoms with E-state index in [-0.39, 0.29) is 10.9 Å². The van der Waals surface area contributed by atoms with Crippen LogP contribution in [0.2, 0.25) is 10.0 Å². The van der Waals surface area contributed by atoms with Gasteiger partial charge in [-0.3, -0.25) is 9.59 Å². The molecule has 0 aliphatic carbocycles. The summed E-state index contributed by atoms with van der Waals surface area (Å²) in [6.45, 7) is 5.92. The molecule has 0 radical (unpaired) electrons. The van der Waals surface area contributed by atoms with Crippen molar-refractivity contribution in [2.75, 3.05) is 7.11 Å². The molecule has 0 spiro atoms. The summed E-state index contributed by atoms with van der Waals surface area (Å²) in [5.41, 5.74) is 4.30. The number of nitrogens with one attached hydrogen (secondary N) is 2. The fraction of sp³-hybridized carbons (Fsp3) is 0.300. The second kappa shape index (κ2) is 15.1. The predicted octanol–water partition coefficient (Wildman–Crippen LogP) is 6.03. The normalized spacial score (nSPS) is 12.6. The number of amides is 2. The summed E-state index contributed by atoms with van der Waals surface area (Å²) in [6, 6.07) is 18.9. The van der Waals surface area contributed by atoms with Gasteiger partial charge in [0.2, 0.25) is 0 Å². The molecule has 8 nitrogen and oxygen atoms in total. The zero-order chi connectivity index (χ0) is 29.1. The van der Waals surface area contributed by atoms with Gasteiger partial charge >= 0.3 is 0 Å². The van der Waals surface area contributed by atoms with E-state index in [0.717, 1.165) is 16.9 Å². The number of carbonyl (C=O) groups excluding carboxylic acids is 2. The average molecular weight is 587 g/mol. The first-order chi connectivity index (χ1) is 19.1. The largest absolute Gasteiger partial charge is 0.497 e. The fourth-order valence-corrected chi connectivity index (χ4v) is 4.05. The molecule has 0 fully saturated rings. The highest BCUT2D eigenvalue weighted by Crippen LogP contribution is 2.28. The molecule has 2 N–H and O–H groups in total. The van der Waals surface area contributed by atoms with Crippen molar-refractivity contribution in [3.8, 4) is 17.2 Å². The molecule has 3 aromatic carbocycles. The molecular weight excluding hydrogens is 553 g/mol. The maximum Gasteiger partial charge on any atom is 0.262 e. The quantitative estimate of drug-likeness (QED) is 0.188. The van der Waals surface area contributed by atoms with Crippen molar-refractivity contribution < 1.29 is 23.8 Å². The van der Waals surface area contributed by atoms with Gasteiger partial charge in [0.05, 0.1) is 18.3 Å². The zero-order valence-corrected chi connectivity index (χ0v) is 24.3. The maximum absolute atomic E-state index is 12.8. The van der Waals surface area contributed by atoms with Crippen molar-refractivity contribution >= 4 is 41.2 Å². The lowest BCUT2D eigenvalue weighted by molar-refractivity contribution is -0.132. The van der Waals surface area contributed by atoms with E-state index in [0.29, 0.717) is 29.5 Å². The Bertz CT molecular complexity index is 1300. The Balaban J connectivity index is 1.52. The summed E-state index contributed by atoms with van der Waals surface area (Å²) in [6.07, 6.45) is 1.05. The molecule has 0 heterocycles. The summed E-state index contributed by atoms with van der Waals surface area (Å²) in [5, 5.41) is 7.55. The predicted molar refractivity (Wildman–Crippen MR) is 157 cm³/mol. The van der Waals surface area contributed by atoms with E-state index in [1.165, 1.54) is 12.3 Å². The van der Waals surface area contributed by atoms with Gasteiger partial charge in [0.25, 0.3) is 11.8 Å². The number of nitrogens with zero attached hydrogens (tertiary/aromatic N) is 1. The number of ether oxygens (including phenoxy) is 3. The smallest absolute Gasteiger partial charge is 0.262 e. The summed E-state index contributed by atoms with van der Waals surface area (Å²) in [7, 11) is 1.63. The Kier molecular flexibility index (Phi) is 11.7. The molecule has 40 heavy (non-hydrogen) atoms. The van der Waals surface area contributed by atoms with E-state index in [1.807, 2.05) is 62.4 Å². The lowest BCUT2D eigenvalue weighted by Crippen LogP contribution is -2.49. The number of benzene rings is 3. The summed E-state index contributed by atoms with van der Waals surface area (Å²) in [5.74, 6) is 1.07. The minimum Gasteiger partial charge on any atom is -0.497 e. The maximum atomic E-state index is 12.8. The van der Waals surface area contributed by atoms with Crippen molar-refractivity contribution in [2.24, 2.45) is 11.0 Å². The molecule has 0 bridgehead atoms. The highest BCUT2D eigenvalue weighted by molar-refractivity contribution is 6.35. The first kappa shape index (κ1) is 30.8. The van der Waals surface area contributed by atoms with E-state index < -0.39 is 24.0 Å². The topological polar surface area (TPSA) is 98.3 Å². The number of hydrazone groups is 1. The van der Waals surface area contributed by atoms with Crippen molar-refractivity contribution in [1.82, 2.24) is 10.7 Å². The number of hydrogen-bond acceptors (Lipinski definition) is 6. The van der Waals surface area contributed by atoms with E-state index in [9.17, 15) is 9.59 Å². The van der Waals surface area contributed by atoms with Gasteiger partial charge in [-0.2, -0.15) is 5.10 Å². The van der Waals surface area contributed by atoms with E-state index in [1.54, 1.807) is 26.2 Å². The molecule has 0 aliphatic heterocycles. The van der Waals surface area contributed by atoms with Gasteiger partial charge in [-0.15, -0.1) is 0 Å². The van der Waals surface area contributed by atoms with Crippen LogP contribution >= 0.6 is 23.2 Å². The molecule has 2 amide bonds. The van der Waals surface area contributed by atoms with Crippen LogP contribution in [0.25, 0.3) is 0 Å². The highest BCUT2D eigenvalue weighted by atomic mass is 35.5. The molecule has 0 saturated heterocycles. The second-order valence-electron chi connectivity index (χ2n) is 9.47. The third kappa shape index (κ3) is 9.77. The Morgan fingerprint density at radius 2 is 1.60 bits per heavy atom. The van der Waals surface area contributed by atoms with Crippen molar-refractivity contribution in [2.45, 2.75) is 45.9 Å². The van der Waals surface area contributed by atoms with Crippen molar-refractivity contribution in [3.63, 3.8) is 0 Å². The lowest BCUT2D eigenvalue weighted by atomic mass is 10.0. The number of hydrogen-bond donors (Lipinski definition) is 2. The van der Waals surface area contributed by atoms with Gasteiger partial charge in [0, 0.05) is 5.02 Å². The number of rotatable bonds is 13. The number of carbonyl (C=O) groups is 2. The van der Waals surface area contributed by atoms with Crippen LogP contribution in [-0.4, -0.2) is 37.3 Å². The van der Waals surface area contributed by atoms with Gasteiger partial charge in [-0.1, -0.05) is 49.2 Å². The fourth-order valence-electron chi connectivity index (χ4n) is 3.59. The van der Waals surface area contributed by atoms with Crippen LogP contribution in [0.4, 0.5) is 0 Å². The van der Waals surface area contributed by atoms with Gasteiger partial charge in [-0.25, -0.2) is 5.43 Å². The summed E-state index contributed by atoms with van der Waals surface area (Å²) >= 11 is 12.1. The van der Waals surface area contributed by atoms with Crippen LogP contribution in [-0.2, 0) is 16.2 Å². The first-order valence-electron chi connectivity index (χ1n) is 12.8. The zero-order valence-electron chi connectivity index (χ0n) is 22.8. The van der Waals surface area contributed by atoms with Crippen LogP contribution in [0.15, 0.2) is 71.8 Å². The Morgan fingerprint density at radius 3 is 2.23 bits per heavy atom. The second-order valence-corrected chi connectivity index (χ2v) is 10.3. The molecule has 10 heteroatoms. The molecule has 212 valence electrons. The van der Waals surface area contributed by atoms with Crippen LogP contribution in [0, 0.1) is 5.92 Å². The van der Waals surface area contributed by atoms with E-state index in [2.05, 4.69) is 15.8 Å². The van der Waals surface area contributed by atoms with Crippen molar-refractivity contribution in [3.05, 3.63) is 87.9 Å². The summed E-state index contributed by atoms with van der Waals surface area (Å²) in [4.78, 5) is 25.6. The number of halogens is 2. The molecule has 3 aromatic rings. The van der Waals surface area contributed by atoms with Crippen LogP contribution in [0.1, 0.15) is 38.3 Å². The van der Waals surface area contributed by atoms with Crippen molar-refractivity contribution in [1.29, 1.82) is 0 Å². The van der Waals surface area contributed by atoms with Crippen LogP contribution in [0.3, 0.4) is 0 Å². The Hall–Kier alpha value is -3.75. The first-order valence-corrected chi connectivity index (χ1v) is 13.5. The molecule has 0 aromatic heterocycles. The van der Waals surface area contributed by atoms with Gasteiger partial charge in [0.15, 0.2) is 6.10 Å². The van der Waals surface area contributed by atoms with E-state index in [4.69, 9.17) is 37.4 Å².